The zero-order valence-electron chi connectivity index (χ0n) is 11.2. The lowest BCUT2D eigenvalue weighted by Gasteiger charge is -2.41. The molecule has 2 rings (SSSR count). The summed E-state index contributed by atoms with van der Waals surface area (Å²) in [4.78, 5) is 2.39. The van der Waals surface area contributed by atoms with E-state index in [4.69, 9.17) is 22.1 Å². The van der Waals surface area contributed by atoms with Crippen LogP contribution in [0, 0.1) is 0 Å². The van der Waals surface area contributed by atoms with E-state index in [1.807, 2.05) is 12.1 Å². The molecule has 0 bridgehead atoms. The molecule has 3 nitrogen and oxygen atoms in total. The highest BCUT2D eigenvalue weighted by molar-refractivity contribution is 6.30. The Morgan fingerprint density at radius 1 is 1.44 bits per heavy atom. The van der Waals surface area contributed by atoms with Gasteiger partial charge in [0.15, 0.2) is 0 Å². The predicted molar refractivity (Wildman–Crippen MR) is 75.8 cm³/mol. The van der Waals surface area contributed by atoms with Crippen molar-refractivity contribution in [2.24, 2.45) is 0 Å². The number of nitrogens with two attached hydrogens (primary N) is 1. The van der Waals surface area contributed by atoms with Gasteiger partial charge >= 0.3 is 0 Å². The molecule has 0 aliphatic carbocycles. The first kappa shape index (κ1) is 13.7. The van der Waals surface area contributed by atoms with Gasteiger partial charge in [0.25, 0.3) is 0 Å². The molecule has 0 amide bonds. The zero-order chi connectivity index (χ0) is 13.3. The van der Waals surface area contributed by atoms with Crippen LogP contribution in [0.15, 0.2) is 18.2 Å². The van der Waals surface area contributed by atoms with Crippen LogP contribution in [0.5, 0.6) is 0 Å². The van der Waals surface area contributed by atoms with Crippen LogP contribution in [0.3, 0.4) is 0 Å². The second-order valence-electron chi connectivity index (χ2n) is 5.75. The first-order valence-electron chi connectivity index (χ1n) is 6.29. The minimum absolute atomic E-state index is 0.0955. The van der Waals surface area contributed by atoms with Crippen LogP contribution in [0.2, 0.25) is 5.02 Å². The molecule has 1 aliphatic heterocycles. The maximum atomic E-state index is 6.03. The van der Waals surface area contributed by atoms with E-state index in [9.17, 15) is 0 Å². The molecule has 1 aromatic carbocycles. The number of hydrogen-bond acceptors (Lipinski definition) is 3. The van der Waals surface area contributed by atoms with E-state index in [1.54, 1.807) is 6.07 Å². The Bertz CT molecular complexity index is 414. The summed E-state index contributed by atoms with van der Waals surface area (Å²) in [5.74, 6) is 0. The molecule has 2 N–H and O–H groups in total. The topological polar surface area (TPSA) is 38.5 Å². The van der Waals surface area contributed by atoms with Crippen LogP contribution in [0.25, 0.3) is 0 Å². The molecule has 1 atom stereocenters. The third kappa shape index (κ3) is 3.61. The van der Waals surface area contributed by atoms with Gasteiger partial charge < -0.3 is 10.5 Å². The number of rotatable bonds is 2. The largest absolute Gasteiger partial charge is 0.399 e. The van der Waals surface area contributed by atoms with Crippen molar-refractivity contribution in [3.05, 3.63) is 28.8 Å². The Hall–Kier alpha value is -0.770. The van der Waals surface area contributed by atoms with Gasteiger partial charge in [-0.15, -0.1) is 0 Å². The van der Waals surface area contributed by atoms with Gasteiger partial charge in [0.1, 0.15) is 0 Å². The fourth-order valence-electron chi connectivity index (χ4n) is 2.73. The predicted octanol–water partition coefficient (Wildman–Crippen LogP) is 2.92. The monoisotopic (exact) mass is 268 g/mol. The Labute approximate surface area is 114 Å². The molecule has 4 heteroatoms. The quantitative estimate of drug-likeness (QED) is 0.839. The third-order valence-corrected chi connectivity index (χ3v) is 3.24. The standard InChI is InChI=1S/C14H21ClN2O/c1-10-7-17(9-14(2,3)18-10)8-11-4-12(15)6-13(16)5-11/h4-6,10H,7-9,16H2,1-3H3. The van der Waals surface area contributed by atoms with E-state index < -0.39 is 0 Å². The van der Waals surface area contributed by atoms with E-state index in [-0.39, 0.29) is 11.7 Å². The van der Waals surface area contributed by atoms with Crippen molar-refractivity contribution in [1.82, 2.24) is 4.90 Å². The van der Waals surface area contributed by atoms with Crippen molar-refractivity contribution < 1.29 is 4.74 Å². The molecule has 1 aliphatic rings. The van der Waals surface area contributed by atoms with Crippen LogP contribution >= 0.6 is 11.6 Å². The summed E-state index contributed by atoms with van der Waals surface area (Å²) in [6, 6.07) is 5.74. The van der Waals surface area contributed by atoms with Crippen molar-refractivity contribution >= 4 is 17.3 Å². The number of nitrogens with zero attached hydrogens (tertiary/aromatic N) is 1. The molecule has 0 radical (unpaired) electrons. The van der Waals surface area contributed by atoms with Gasteiger partial charge in [0, 0.05) is 30.3 Å². The summed E-state index contributed by atoms with van der Waals surface area (Å²) in [5.41, 5.74) is 7.60. The molecule has 1 unspecified atom stereocenters. The molecule has 0 saturated carbocycles. The maximum Gasteiger partial charge on any atom is 0.0757 e. The van der Waals surface area contributed by atoms with Crippen LogP contribution in [-0.4, -0.2) is 29.7 Å². The van der Waals surface area contributed by atoms with E-state index >= 15 is 0 Å². The van der Waals surface area contributed by atoms with Gasteiger partial charge in [-0.2, -0.15) is 0 Å². The molecular formula is C14H21ClN2O. The van der Waals surface area contributed by atoms with Crippen molar-refractivity contribution in [3.63, 3.8) is 0 Å². The van der Waals surface area contributed by atoms with Crippen molar-refractivity contribution in [2.75, 3.05) is 18.8 Å². The highest BCUT2D eigenvalue weighted by Gasteiger charge is 2.31. The number of anilines is 1. The summed E-state index contributed by atoms with van der Waals surface area (Å²) in [5, 5.41) is 0.700. The van der Waals surface area contributed by atoms with E-state index in [0.29, 0.717) is 5.02 Å². The normalized spacial score (nSPS) is 24.1. The lowest BCUT2D eigenvalue weighted by molar-refractivity contribution is -0.130. The van der Waals surface area contributed by atoms with E-state index in [0.717, 1.165) is 30.9 Å². The van der Waals surface area contributed by atoms with E-state index in [1.165, 1.54) is 0 Å². The average molecular weight is 269 g/mol. The second kappa shape index (κ2) is 5.08. The van der Waals surface area contributed by atoms with Gasteiger partial charge in [0.2, 0.25) is 0 Å². The first-order chi connectivity index (χ1) is 8.34. The fourth-order valence-corrected chi connectivity index (χ4v) is 3.00. The van der Waals surface area contributed by atoms with Gasteiger partial charge in [-0.05, 0) is 44.5 Å². The summed E-state index contributed by atoms with van der Waals surface area (Å²) in [7, 11) is 0. The van der Waals surface area contributed by atoms with Gasteiger partial charge in [-0.3, -0.25) is 4.90 Å². The van der Waals surface area contributed by atoms with Crippen molar-refractivity contribution in [2.45, 2.75) is 39.0 Å². The molecule has 100 valence electrons. The molecule has 18 heavy (non-hydrogen) atoms. The summed E-state index contributed by atoms with van der Waals surface area (Å²) in [6.45, 7) is 9.09. The Balaban J connectivity index is 2.08. The Morgan fingerprint density at radius 2 is 2.17 bits per heavy atom. The molecule has 1 heterocycles. The summed E-state index contributed by atoms with van der Waals surface area (Å²) in [6.07, 6.45) is 0.255. The second-order valence-corrected chi connectivity index (χ2v) is 6.19. The number of nitrogen functional groups attached to an aromatic ring is 1. The van der Waals surface area contributed by atoms with Crippen LogP contribution < -0.4 is 5.73 Å². The maximum absolute atomic E-state index is 6.03. The number of halogens is 1. The average Bonchev–Trinajstić information content (AvgIpc) is 2.10. The van der Waals surface area contributed by atoms with Gasteiger partial charge in [-0.1, -0.05) is 11.6 Å². The summed E-state index contributed by atoms with van der Waals surface area (Å²) >= 11 is 6.03. The Kier molecular flexibility index (Phi) is 3.85. The SMILES string of the molecule is CC1CN(Cc2cc(N)cc(Cl)c2)CC(C)(C)O1. The number of benzene rings is 1. The smallest absolute Gasteiger partial charge is 0.0757 e. The van der Waals surface area contributed by atoms with Crippen LogP contribution in [0.4, 0.5) is 5.69 Å². The molecule has 1 fully saturated rings. The molecular weight excluding hydrogens is 248 g/mol. The third-order valence-electron chi connectivity index (χ3n) is 3.03. The molecule has 0 spiro atoms. The molecule has 1 aromatic rings. The zero-order valence-corrected chi connectivity index (χ0v) is 12.0. The number of ether oxygens (including phenoxy) is 1. The molecule has 1 saturated heterocycles. The number of morpholine rings is 1. The first-order valence-corrected chi connectivity index (χ1v) is 6.67. The highest BCUT2D eigenvalue weighted by Crippen LogP contribution is 2.24. The number of hydrogen-bond donors (Lipinski definition) is 1. The summed E-state index contributed by atoms with van der Waals surface area (Å²) < 4.78 is 5.90. The fraction of sp³-hybridized carbons (Fsp3) is 0.571. The van der Waals surface area contributed by atoms with Crippen molar-refractivity contribution in [3.8, 4) is 0 Å². The van der Waals surface area contributed by atoms with Crippen molar-refractivity contribution in [1.29, 1.82) is 0 Å². The lowest BCUT2D eigenvalue weighted by atomic mass is 10.0. The van der Waals surface area contributed by atoms with Gasteiger partial charge in [0.05, 0.1) is 11.7 Å². The van der Waals surface area contributed by atoms with Crippen LogP contribution in [0.1, 0.15) is 26.3 Å². The lowest BCUT2D eigenvalue weighted by Crippen LogP contribution is -2.51. The van der Waals surface area contributed by atoms with Crippen LogP contribution in [-0.2, 0) is 11.3 Å². The van der Waals surface area contributed by atoms with Gasteiger partial charge in [-0.25, -0.2) is 0 Å². The minimum Gasteiger partial charge on any atom is -0.399 e. The van der Waals surface area contributed by atoms with E-state index in [2.05, 4.69) is 25.7 Å². The molecule has 0 aromatic heterocycles. The highest BCUT2D eigenvalue weighted by atomic mass is 35.5. The Morgan fingerprint density at radius 3 is 2.78 bits per heavy atom. The minimum atomic E-state index is -0.0955.